The average Bonchev–Trinajstić information content (AvgIpc) is 3.13. The molecule has 0 bridgehead atoms. The van der Waals surface area contributed by atoms with E-state index in [9.17, 15) is 14.3 Å². The Balaban J connectivity index is 2.53. The highest BCUT2D eigenvalue weighted by Crippen LogP contribution is 2.54. The van der Waals surface area contributed by atoms with Crippen molar-refractivity contribution >= 4 is 13.8 Å². The first-order chi connectivity index (χ1) is 16.1. The van der Waals surface area contributed by atoms with Gasteiger partial charge in [-0.1, -0.05) is 77.6 Å². The summed E-state index contributed by atoms with van der Waals surface area (Å²) in [7, 11) is 1.71. The first kappa shape index (κ1) is 31.6. The van der Waals surface area contributed by atoms with Gasteiger partial charge in [0.15, 0.2) is 0 Å². The zero-order chi connectivity index (χ0) is 25.5. The van der Waals surface area contributed by atoms with Gasteiger partial charge in [-0.2, -0.15) is 0 Å². The molecular weight excluding hydrogens is 453 g/mol. The third-order valence-electron chi connectivity index (χ3n) is 6.89. The molecule has 8 heteroatoms. The summed E-state index contributed by atoms with van der Waals surface area (Å²) in [4.78, 5) is 23.3. The molecule has 1 aliphatic carbocycles. The van der Waals surface area contributed by atoms with Crippen molar-refractivity contribution in [2.45, 2.75) is 116 Å². The number of esters is 1. The van der Waals surface area contributed by atoms with Gasteiger partial charge in [-0.3, -0.25) is 13.8 Å². The zero-order valence-electron chi connectivity index (χ0n) is 22.7. The van der Waals surface area contributed by atoms with Gasteiger partial charge in [-0.15, -0.1) is 0 Å². The monoisotopic (exact) mass is 506 g/mol. The highest BCUT2D eigenvalue weighted by Gasteiger charge is 2.52. The molecule has 1 aliphatic rings. The molecule has 0 saturated heterocycles. The van der Waals surface area contributed by atoms with Crippen molar-refractivity contribution < 1.29 is 32.5 Å². The van der Waals surface area contributed by atoms with Crippen LogP contribution in [-0.4, -0.2) is 62.4 Å². The third-order valence-corrected chi connectivity index (χ3v) is 7.92. The maximum atomic E-state index is 13.0. The van der Waals surface area contributed by atoms with Crippen LogP contribution >= 0.6 is 7.82 Å². The normalized spacial score (nSPS) is 22.6. The van der Waals surface area contributed by atoms with Gasteiger partial charge in [0, 0.05) is 0 Å². The lowest BCUT2D eigenvalue weighted by atomic mass is 9.79. The number of nitrogens with zero attached hydrogens (tertiary/aromatic N) is 1. The lowest BCUT2D eigenvalue weighted by Gasteiger charge is -2.33. The predicted molar refractivity (Wildman–Crippen MR) is 138 cm³/mol. The van der Waals surface area contributed by atoms with Gasteiger partial charge in [0.05, 0.1) is 39.3 Å². The van der Waals surface area contributed by atoms with E-state index >= 15 is 0 Å². The Morgan fingerprint density at radius 3 is 2.06 bits per heavy atom. The smallest absolute Gasteiger partial charge is 0.465 e. The van der Waals surface area contributed by atoms with Gasteiger partial charge in [-0.05, 0) is 32.6 Å². The first-order valence-corrected chi connectivity index (χ1v) is 15.2. The molecular formula is C26H53NO6P+. The topological polar surface area (TPSA) is 82.1 Å². The highest BCUT2D eigenvalue weighted by atomic mass is 31.2. The molecule has 0 heterocycles. The van der Waals surface area contributed by atoms with E-state index in [0.29, 0.717) is 36.9 Å². The summed E-state index contributed by atoms with van der Waals surface area (Å²) in [5, 5.41) is 0. The van der Waals surface area contributed by atoms with Crippen molar-refractivity contribution in [2.75, 3.05) is 40.9 Å². The number of phosphoric acid groups is 1. The van der Waals surface area contributed by atoms with Gasteiger partial charge >= 0.3 is 13.8 Å². The SMILES string of the molecule is CCCCCCCCCCCCC[C@@]1(C(=O)OCC)CCC[C@@H]1OP(=O)(O)OCC[N+](C)(C)C. The van der Waals surface area contributed by atoms with Crippen molar-refractivity contribution in [1.82, 2.24) is 0 Å². The molecule has 1 unspecified atom stereocenters. The van der Waals surface area contributed by atoms with Gasteiger partial charge in [0.2, 0.25) is 0 Å². The van der Waals surface area contributed by atoms with Crippen LogP contribution in [0.15, 0.2) is 0 Å². The Hall–Kier alpha value is -0.460. The number of hydrogen-bond donors (Lipinski definition) is 1. The van der Waals surface area contributed by atoms with E-state index in [4.69, 9.17) is 13.8 Å². The van der Waals surface area contributed by atoms with Crippen LogP contribution in [0.4, 0.5) is 0 Å². The molecule has 202 valence electrons. The van der Waals surface area contributed by atoms with E-state index in [1.807, 2.05) is 21.1 Å². The number of carbonyl (C=O) groups is 1. The zero-order valence-corrected chi connectivity index (χ0v) is 23.6. The minimum absolute atomic E-state index is 0.120. The lowest BCUT2D eigenvalue weighted by Crippen LogP contribution is -2.41. The summed E-state index contributed by atoms with van der Waals surface area (Å²) in [6, 6.07) is 0. The Bertz CT molecular complexity index is 609. The van der Waals surface area contributed by atoms with Crippen LogP contribution in [0.25, 0.3) is 0 Å². The van der Waals surface area contributed by atoms with E-state index < -0.39 is 19.3 Å². The summed E-state index contributed by atoms with van der Waals surface area (Å²) >= 11 is 0. The maximum absolute atomic E-state index is 13.0. The molecule has 0 amide bonds. The highest BCUT2D eigenvalue weighted by molar-refractivity contribution is 7.47. The van der Waals surface area contributed by atoms with E-state index in [0.717, 1.165) is 25.7 Å². The van der Waals surface area contributed by atoms with Crippen molar-refractivity contribution in [2.24, 2.45) is 5.41 Å². The van der Waals surface area contributed by atoms with E-state index in [1.54, 1.807) is 6.92 Å². The molecule has 1 fully saturated rings. The molecule has 1 N–H and O–H groups in total. The number of quaternary nitrogens is 1. The molecule has 0 aromatic carbocycles. The van der Waals surface area contributed by atoms with Gasteiger partial charge in [0.1, 0.15) is 13.2 Å². The minimum Gasteiger partial charge on any atom is -0.465 e. The molecule has 1 saturated carbocycles. The van der Waals surface area contributed by atoms with Gasteiger partial charge in [-0.25, -0.2) is 4.57 Å². The van der Waals surface area contributed by atoms with E-state index in [2.05, 4.69) is 6.92 Å². The van der Waals surface area contributed by atoms with Gasteiger partial charge in [0.25, 0.3) is 0 Å². The van der Waals surface area contributed by atoms with Crippen LogP contribution in [0.3, 0.4) is 0 Å². The Labute approximate surface area is 209 Å². The molecule has 34 heavy (non-hydrogen) atoms. The summed E-state index contributed by atoms with van der Waals surface area (Å²) in [5.74, 6) is -0.295. The van der Waals surface area contributed by atoms with Crippen molar-refractivity contribution in [3.8, 4) is 0 Å². The van der Waals surface area contributed by atoms with Gasteiger partial charge < -0.3 is 14.1 Å². The molecule has 0 aromatic heterocycles. The van der Waals surface area contributed by atoms with Crippen LogP contribution in [-0.2, 0) is 23.1 Å². The van der Waals surface area contributed by atoms with Crippen molar-refractivity contribution in [3.05, 3.63) is 0 Å². The Morgan fingerprint density at radius 1 is 0.971 bits per heavy atom. The number of unbranched alkanes of at least 4 members (excludes halogenated alkanes) is 10. The maximum Gasteiger partial charge on any atom is 0.472 e. The number of rotatable bonds is 20. The standard InChI is InChI=1S/C26H52NO6P/c1-6-8-9-10-11-12-13-14-15-16-17-20-26(25(28)31-7-2)21-18-19-24(26)33-34(29,30)32-23-22-27(3,4)5/h24H,6-23H2,1-5H3/p+1/t24-,26+/m0/s1. The quantitative estimate of drug-likeness (QED) is 0.0864. The molecule has 3 atom stereocenters. The van der Waals surface area contributed by atoms with E-state index in [-0.39, 0.29) is 12.6 Å². The predicted octanol–water partition coefficient (Wildman–Crippen LogP) is 6.63. The second-order valence-corrected chi connectivity index (χ2v) is 12.4. The van der Waals surface area contributed by atoms with E-state index in [1.165, 1.54) is 51.4 Å². The van der Waals surface area contributed by atoms with Crippen LogP contribution in [0, 0.1) is 5.41 Å². The Kier molecular flexibility index (Phi) is 15.2. The van der Waals surface area contributed by atoms with Crippen molar-refractivity contribution in [1.29, 1.82) is 0 Å². The van der Waals surface area contributed by atoms with Crippen molar-refractivity contribution in [3.63, 3.8) is 0 Å². The summed E-state index contributed by atoms with van der Waals surface area (Å²) in [5.41, 5.74) is -0.850. The van der Waals surface area contributed by atoms with Crippen LogP contribution in [0.2, 0.25) is 0 Å². The largest absolute Gasteiger partial charge is 0.472 e. The average molecular weight is 507 g/mol. The van der Waals surface area contributed by atoms with Crippen LogP contribution in [0.1, 0.15) is 110 Å². The molecule has 0 aromatic rings. The summed E-state index contributed by atoms with van der Waals surface area (Å²) in [6.07, 6.45) is 15.6. The fraction of sp³-hybridized carbons (Fsp3) is 0.962. The number of likely N-dealkylation sites (N-methyl/N-ethyl adjacent to an activating group) is 1. The fourth-order valence-electron chi connectivity index (χ4n) is 4.82. The fourth-order valence-corrected chi connectivity index (χ4v) is 5.82. The first-order valence-electron chi connectivity index (χ1n) is 13.7. The second kappa shape index (κ2) is 16.3. The summed E-state index contributed by atoms with van der Waals surface area (Å²) in [6.45, 7) is 5.04. The third kappa shape index (κ3) is 12.5. The molecule has 0 spiro atoms. The number of hydrogen-bond acceptors (Lipinski definition) is 5. The molecule has 0 radical (unpaired) electrons. The molecule has 7 nitrogen and oxygen atoms in total. The number of carbonyl (C=O) groups excluding carboxylic acids is 1. The van der Waals surface area contributed by atoms with Crippen LogP contribution < -0.4 is 0 Å². The minimum atomic E-state index is -4.25. The molecule has 1 rings (SSSR count). The number of phosphoric ester groups is 1. The summed E-state index contributed by atoms with van der Waals surface area (Å²) < 4.78 is 29.5. The molecule has 0 aliphatic heterocycles. The van der Waals surface area contributed by atoms with Crippen LogP contribution in [0.5, 0.6) is 0 Å². The second-order valence-electron chi connectivity index (χ2n) is 11.0. The number of ether oxygens (including phenoxy) is 1. The lowest BCUT2D eigenvalue weighted by molar-refractivity contribution is -0.870. The Morgan fingerprint density at radius 2 is 1.53 bits per heavy atom.